The highest BCUT2D eigenvalue weighted by atomic mass is 35.5. The summed E-state index contributed by atoms with van der Waals surface area (Å²) in [5, 5.41) is 16.7. The highest BCUT2D eigenvalue weighted by Crippen LogP contribution is 2.28. The van der Waals surface area contributed by atoms with E-state index in [-0.39, 0.29) is 34.7 Å². The lowest BCUT2D eigenvalue weighted by Gasteiger charge is -2.29. The second-order valence-electron chi connectivity index (χ2n) is 7.43. The predicted octanol–water partition coefficient (Wildman–Crippen LogP) is 1.97. The standard InChI is InChI=1S/C20H22ClN9O/c1-10(26-17-12(9-22)16(23)28-20(24)29-17)18-27-14-4-2-3-13(21)15(14)19(31)30(18)11-5-7-25-8-6-11/h2-4,10-11,25H,5-8H2,1H3,(H5,23,24,26,28,29). The maximum Gasteiger partial charge on any atom is 0.263 e. The summed E-state index contributed by atoms with van der Waals surface area (Å²) >= 11 is 6.35. The fraction of sp³-hybridized carbons (Fsp3) is 0.350. The zero-order chi connectivity index (χ0) is 22.1. The Bertz CT molecular complexity index is 1240. The van der Waals surface area contributed by atoms with E-state index in [4.69, 9.17) is 28.1 Å². The number of aromatic nitrogens is 4. The van der Waals surface area contributed by atoms with Crippen molar-refractivity contribution in [3.05, 3.63) is 45.0 Å². The number of piperidine rings is 1. The first-order chi connectivity index (χ1) is 14.9. The molecule has 1 unspecified atom stereocenters. The molecule has 1 fully saturated rings. The summed E-state index contributed by atoms with van der Waals surface area (Å²) in [6.45, 7) is 3.44. The quantitative estimate of drug-likeness (QED) is 0.476. The molecular formula is C20H22ClN9O. The second kappa shape index (κ2) is 8.37. The number of benzene rings is 1. The molecule has 1 saturated heterocycles. The third-order valence-corrected chi connectivity index (χ3v) is 5.70. The summed E-state index contributed by atoms with van der Waals surface area (Å²) in [4.78, 5) is 26.3. The van der Waals surface area contributed by atoms with Crippen LogP contribution in [0.15, 0.2) is 23.0 Å². The van der Waals surface area contributed by atoms with Gasteiger partial charge in [0.2, 0.25) is 5.95 Å². The molecule has 0 bridgehead atoms. The number of nitrogens with two attached hydrogens (primary N) is 2. The molecule has 0 saturated carbocycles. The van der Waals surface area contributed by atoms with Crippen molar-refractivity contribution >= 4 is 40.1 Å². The summed E-state index contributed by atoms with van der Waals surface area (Å²) in [5.74, 6) is 0.641. The van der Waals surface area contributed by atoms with Gasteiger partial charge in [-0.25, -0.2) is 4.98 Å². The first-order valence-electron chi connectivity index (χ1n) is 9.91. The van der Waals surface area contributed by atoms with Crippen LogP contribution in [0.4, 0.5) is 17.6 Å². The van der Waals surface area contributed by atoms with E-state index in [1.807, 2.05) is 13.0 Å². The Morgan fingerprint density at radius 3 is 2.74 bits per heavy atom. The normalized spacial score (nSPS) is 15.5. The highest BCUT2D eigenvalue weighted by Gasteiger charge is 2.26. The minimum atomic E-state index is -0.480. The van der Waals surface area contributed by atoms with Gasteiger partial charge in [-0.3, -0.25) is 9.36 Å². The van der Waals surface area contributed by atoms with Crippen LogP contribution in [0, 0.1) is 11.3 Å². The fourth-order valence-corrected chi connectivity index (χ4v) is 4.17. The van der Waals surface area contributed by atoms with Gasteiger partial charge in [0, 0.05) is 6.04 Å². The minimum absolute atomic E-state index is 0.0151. The maximum absolute atomic E-state index is 13.5. The van der Waals surface area contributed by atoms with Crippen LogP contribution in [-0.2, 0) is 0 Å². The number of nitrogen functional groups attached to an aromatic ring is 2. The van der Waals surface area contributed by atoms with Crippen LogP contribution in [0.5, 0.6) is 0 Å². The van der Waals surface area contributed by atoms with Crippen LogP contribution >= 0.6 is 11.6 Å². The molecule has 0 spiro atoms. The topological polar surface area (TPSA) is 161 Å². The van der Waals surface area contributed by atoms with E-state index in [1.165, 1.54) is 0 Å². The van der Waals surface area contributed by atoms with Crippen molar-refractivity contribution in [3.8, 4) is 6.07 Å². The lowest BCUT2D eigenvalue weighted by Crippen LogP contribution is -2.37. The number of nitrogens with zero attached hydrogens (tertiary/aromatic N) is 5. The molecule has 0 radical (unpaired) electrons. The Balaban J connectivity index is 1.87. The van der Waals surface area contributed by atoms with Gasteiger partial charge in [-0.05, 0) is 45.0 Å². The van der Waals surface area contributed by atoms with Crippen LogP contribution in [0.25, 0.3) is 10.9 Å². The summed E-state index contributed by atoms with van der Waals surface area (Å²) in [7, 11) is 0. The SMILES string of the molecule is CC(Nc1nc(N)nc(N)c1C#N)c1nc2cccc(Cl)c2c(=O)n1C1CCNCC1. The van der Waals surface area contributed by atoms with Crippen LogP contribution in [0.3, 0.4) is 0 Å². The van der Waals surface area contributed by atoms with Crippen LogP contribution in [0.2, 0.25) is 5.02 Å². The molecule has 31 heavy (non-hydrogen) atoms. The molecular weight excluding hydrogens is 418 g/mol. The second-order valence-corrected chi connectivity index (χ2v) is 7.84. The van der Waals surface area contributed by atoms with E-state index in [0.717, 1.165) is 25.9 Å². The number of halogens is 1. The molecule has 3 aromatic rings. The van der Waals surface area contributed by atoms with E-state index in [1.54, 1.807) is 22.8 Å². The molecule has 1 atom stereocenters. The Kier molecular flexibility index (Phi) is 5.63. The third-order valence-electron chi connectivity index (χ3n) is 5.39. The summed E-state index contributed by atoms with van der Waals surface area (Å²) in [6.07, 6.45) is 1.57. The summed E-state index contributed by atoms with van der Waals surface area (Å²) in [6, 6.07) is 6.68. The van der Waals surface area contributed by atoms with E-state index >= 15 is 0 Å². The first-order valence-corrected chi connectivity index (χ1v) is 10.3. The van der Waals surface area contributed by atoms with Crippen molar-refractivity contribution in [1.29, 1.82) is 5.26 Å². The zero-order valence-corrected chi connectivity index (χ0v) is 17.6. The molecule has 3 heterocycles. The molecule has 160 valence electrons. The molecule has 1 aliphatic rings. The molecule has 6 N–H and O–H groups in total. The van der Waals surface area contributed by atoms with Gasteiger partial charge in [0.1, 0.15) is 23.3 Å². The minimum Gasteiger partial charge on any atom is -0.382 e. The average molecular weight is 440 g/mol. The number of nitriles is 1. The Labute approximate surface area is 183 Å². The zero-order valence-electron chi connectivity index (χ0n) is 16.9. The van der Waals surface area contributed by atoms with Gasteiger partial charge in [-0.1, -0.05) is 17.7 Å². The van der Waals surface area contributed by atoms with Gasteiger partial charge in [0.15, 0.2) is 5.82 Å². The number of fused-ring (bicyclic) bond motifs is 1. The lowest BCUT2D eigenvalue weighted by atomic mass is 10.0. The van der Waals surface area contributed by atoms with Crippen molar-refractivity contribution in [1.82, 2.24) is 24.8 Å². The smallest absolute Gasteiger partial charge is 0.263 e. The van der Waals surface area contributed by atoms with Gasteiger partial charge in [-0.15, -0.1) is 0 Å². The monoisotopic (exact) mass is 439 g/mol. The number of hydrogen-bond donors (Lipinski definition) is 4. The molecule has 10 nitrogen and oxygen atoms in total. The van der Waals surface area contributed by atoms with E-state index < -0.39 is 6.04 Å². The van der Waals surface area contributed by atoms with Gasteiger partial charge >= 0.3 is 0 Å². The maximum atomic E-state index is 13.5. The Morgan fingerprint density at radius 2 is 2.03 bits per heavy atom. The van der Waals surface area contributed by atoms with E-state index in [2.05, 4.69) is 20.6 Å². The third kappa shape index (κ3) is 3.85. The molecule has 4 rings (SSSR count). The fourth-order valence-electron chi connectivity index (χ4n) is 3.92. The van der Waals surface area contributed by atoms with Crippen LogP contribution < -0.4 is 27.7 Å². The number of anilines is 3. The Morgan fingerprint density at radius 1 is 1.29 bits per heavy atom. The van der Waals surface area contributed by atoms with Gasteiger partial charge in [0.05, 0.1) is 22.0 Å². The van der Waals surface area contributed by atoms with Gasteiger partial charge in [0.25, 0.3) is 5.56 Å². The van der Waals surface area contributed by atoms with E-state index in [0.29, 0.717) is 21.7 Å². The van der Waals surface area contributed by atoms with Crippen LogP contribution in [0.1, 0.15) is 43.2 Å². The van der Waals surface area contributed by atoms with Crippen molar-refractivity contribution < 1.29 is 0 Å². The summed E-state index contributed by atoms with van der Waals surface area (Å²) < 4.78 is 1.71. The predicted molar refractivity (Wildman–Crippen MR) is 120 cm³/mol. The molecule has 0 amide bonds. The van der Waals surface area contributed by atoms with Gasteiger partial charge < -0.3 is 22.1 Å². The number of rotatable bonds is 4. The largest absolute Gasteiger partial charge is 0.382 e. The first kappa shape index (κ1) is 20.8. The van der Waals surface area contributed by atoms with E-state index in [9.17, 15) is 10.1 Å². The van der Waals surface area contributed by atoms with Crippen molar-refractivity contribution in [2.45, 2.75) is 31.8 Å². The van der Waals surface area contributed by atoms with Crippen LogP contribution in [-0.4, -0.2) is 32.6 Å². The summed E-state index contributed by atoms with van der Waals surface area (Å²) in [5.41, 5.74) is 11.9. The molecule has 11 heteroatoms. The lowest BCUT2D eigenvalue weighted by molar-refractivity contribution is 0.347. The van der Waals surface area contributed by atoms with Crippen molar-refractivity contribution in [2.75, 3.05) is 29.9 Å². The molecule has 0 aliphatic carbocycles. The van der Waals surface area contributed by atoms with Crippen molar-refractivity contribution in [3.63, 3.8) is 0 Å². The molecule has 1 aromatic carbocycles. The van der Waals surface area contributed by atoms with Gasteiger partial charge in [-0.2, -0.15) is 15.2 Å². The Hall–Kier alpha value is -3.42. The number of hydrogen-bond acceptors (Lipinski definition) is 9. The molecule has 1 aliphatic heterocycles. The van der Waals surface area contributed by atoms with Crippen molar-refractivity contribution in [2.24, 2.45) is 0 Å². The average Bonchev–Trinajstić information content (AvgIpc) is 2.74. The highest BCUT2D eigenvalue weighted by molar-refractivity contribution is 6.35. The molecule has 2 aromatic heterocycles. The number of nitrogens with one attached hydrogen (secondary N) is 2.